The number of hydrogen-bond acceptors (Lipinski definition) is 8. The zero-order valence-electron chi connectivity index (χ0n) is 18.6. The van der Waals surface area contributed by atoms with Gasteiger partial charge in [-0.05, 0) is 25.5 Å². The van der Waals surface area contributed by atoms with Crippen molar-refractivity contribution in [2.75, 3.05) is 5.32 Å². The van der Waals surface area contributed by atoms with Gasteiger partial charge in [-0.3, -0.25) is 29.1 Å². The lowest BCUT2D eigenvalue weighted by Gasteiger charge is -2.10. The minimum absolute atomic E-state index is 0.0266. The smallest absolute Gasteiger partial charge is 0.320 e. The number of amides is 2. The van der Waals surface area contributed by atoms with Gasteiger partial charge >= 0.3 is 5.69 Å². The summed E-state index contributed by atoms with van der Waals surface area (Å²) in [5.41, 5.74) is 5.19. The van der Waals surface area contributed by atoms with Gasteiger partial charge in [0.05, 0.1) is 16.8 Å². The van der Waals surface area contributed by atoms with Gasteiger partial charge in [-0.25, -0.2) is 13.8 Å². The zero-order valence-corrected chi connectivity index (χ0v) is 19.4. The van der Waals surface area contributed by atoms with E-state index in [0.29, 0.717) is 11.3 Å². The van der Waals surface area contributed by atoms with Crippen LogP contribution in [0.5, 0.6) is 0 Å². The number of aromatic nitrogens is 5. The molecule has 0 spiro atoms. The van der Waals surface area contributed by atoms with Crippen molar-refractivity contribution in [2.24, 2.45) is 12.8 Å². The number of hydrogen-bond donors (Lipinski definition) is 2. The van der Waals surface area contributed by atoms with E-state index < -0.39 is 40.2 Å². The van der Waals surface area contributed by atoms with Crippen molar-refractivity contribution in [1.29, 1.82) is 0 Å². The monoisotopic (exact) mass is 504 g/mol. The number of nitro groups is 1. The Labute approximate surface area is 199 Å². The van der Waals surface area contributed by atoms with E-state index in [0.717, 1.165) is 23.6 Å². The van der Waals surface area contributed by atoms with Crippen LogP contribution in [-0.4, -0.2) is 41.3 Å². The SMILES string of the molecule is CCn1cc([N+](=O)[O-])c(C(=O)Nc2c(C(N)=O)sc3nc(C(F)F)cc(-c4cnn(C)c4C)c23)n1. The van der Waals surface area contributed by atoms with Crippen LogP contribution in [0.1, 0.15) is 44.9 Å². The van der Waals surface area contributed by atoms with Crippen molar-refractivity contribution < 1.29 is 23.3 Å². The first-order valence-electron chi connectivity index (χ1n) is 10.1. The molecule has 35 heavy (non-hydrogen) atoms. The molecule has 12 nitrogen and oxygen atoms in total. The lowest BCUT2D eigenvalue weighted by molar-refractivity contribution is -0.385. The largest absolute Gasteiger partial charge is 0.365 e. The Kier molecular flexibility index (Phi) is 6.02. The molecule has 0 aliphatic heterocycles. The highest BCUT2D eigenvalue weighted by Crippen LogP contribution is 2.43. The highest BCUT2D eigenvalue weighted by molar-refractivity contribution is 7.21. The molecule has 0 atom stereocenters. The molecule has 4 heterocycles. The molecule has 4 aromatic heterocycles. The summed E-state index contributed by atoms with van der Waals surface area (Å²) in [6.07, 6.45) is -0.343. The van der Waals surface area contributed by atoms with Crippen LogP contribution in [0.3, 0.4) is 0 Å². The van der Waals surface area contributed by atoms with Gasteiger partial charge in [-0.2, -0.15) is 10.2 Å². The summed E-state index contributed by atoms with van der Waals surface area (Å²) in [5, 5.41) is 22.2. The third-order valence-corrected chi connectivity index (χ3v) is 6.47. The molecule has 0 aliphatic carbocycles. The quantitative estimate of drug-likeness (QED) is 0.287. The fourth-order valence-corrected chi connectivity index (χ4v) is 4.55. The molecular formula is C20H18F2N8O4S. The molecule has 3 N–H and O–H groups in total. The van der Waals surface area contributed by atoms with Gasteiger partial charge in [-0.1, -0.05) is 0 Å². The van der Waals surface area contributed by atoms with Crippen LogP contribution >= 0.6 is 11.3 Å². The van der Waals surface area contributed by atoms with Crippen molar-refractivity contribution in [3.8, 4) is 11.1 Å². The van der Waals surface area contributed by atoms with Gasteiger partial charge in [0.15, 0.2) is 0 Å². The first kappa shape index (κ1) is 23.9. The second-order valence-corrected chi connectivity index (χ2v) is 8.44. The van der Waals surface area contributed by atoms with Gasteiger partial charge < -0.3 is 11.1 Å². The van der Waals surface area contributed by atoms with E-state index in [2.05, 4.69) is 20.5 Å². The number of nitrogens with zero attached hydrogens (tertiary/aromatic N) is 6. The first-order chi connectivity index (χ1) is 16.5. The second kappa shape index (κ2) is 8.83. The number of fused-ring (bicyclic) bond motifs is 1. The summed E-state index contributed by atoms with van der Waals surface area (Å²) >= 11 is 0.722. The van der Waals surface area contributed by atoms with Gasteiger partial charge in [0, 0.05) is 30.2 Å². The Hall–Kier alpha value is -4.27. The van der Waals surface area contributed by atoms with Crippen molar-refractivity contribution >= 4 is 44.7 Å². The van der Waals surface area contributed by atoms with Gasteiger partial charge in [-0.15, -0.1) is 11.3 Å². The van der Waals surface area contributed by atoms with Crippen LogP contribution < -0.4 is 11.1 Å². The molecule has 0 radical (unpaired) electrons. The number of pyridine rings is 1. The Balaban J connectivity index is 1.97. The molecule has 0 fully saturated rings. The second-order valence-electron chi connectivity index (χ2n) is 7.44. The van der Waals surface area contributed by atoms with Crippen LogP contribution in [0, 0.1) is 17.0 Å². The first-order valence-corrected chi connectivity index (χ1v) is 10.9. The van der Waals surface area contributed by atoms with Crippen molar-refractivity contribution in [1.82, 2.24) is 24.5 Å². The van der Waals surface area contributed by atoms with E-state index in [1.807, 2.05) is 0 Å². The van der Waals surface area contributed by atoms with Crippen molar-refractivity contribution in [2.45, 2.75) is 26.8 Å². The molecule has 0 saturated carbocycles. The fraction of sp³-hybridized carbons (Fsp3) is 0.250. The van der Waals surface area contributed by atoms with E-state index in [4.69, 9.17) is 5.73 Å². The molecular weight excluding hydrogens is 486 g/mol. The molecule has 15 heteroatoms. The predicted molar refractivity (Wildman–Crippen MR) is 123 cm³/mol. The van der Waals surface area contributed by atoms with Crippen LogP contribution in [0.2, 0.25) is 0 Å². The predicted octanol–water partition coefficient (Wildman–Crippen LogP) is 3.42. The minimum Gasteiger partial charge on any atom is -0.365 e. The number of halogens is 2. The average Bonchev–Trinajstić information content (AvgIpc) is 3.49. The van der Waals surface area contributed by atoms with Crippen LogP contribution in [0.15, 0.2) is 18.5 Å². The van der Waals surface area contributed by atoms with Gasteiger partial charge in [0.1, 0.15) is 21.6 Å². The van der Waals surface area contributed by atoms with Crippen LogP contribution in [0.25, 0.3) is 21.3 Å². The van der Waals surface area contributed by atoms with E-state index in [1.165, 1.54) is 15.6 Å². The van der Waals surface area contributed by atoms with Gasteiger partial charge in [0.25, 0.3) is 18.2 Å². The number of carbonyl (C=O) groups is 2. The van der Waals surface area contributed by atoms with Crippen molar-refractivity contribution in [3.05, 3.63) is 50.5 Å². The maximum Gasteiger partial charge on any atom is 0.320 e. The summed E-state index contributed by atoms with van der Waals surface area (Å²) < 4.78 is 30.0. The molecule has 0 aromatic carbocycles. The fourth-order valence-electron chi connectivity index (χ4n) is 3.54. The minimum atomic E-state index is -2.91. The molecule has 4 rings (SSSR count). The Morgan fingerprint density at radius 1 is 1.34 bits per heavy atom. The number of thiophene rings is 1. The summed E-state index contributed by atoms with van der Waals surface area (Å²) in [6, 6.07) is 1.15. The van der Waals surface area contributed by atoms with E-state index in [1.54, 1.807) is 20.9 Å². The molecule has 2 amide bonds. The summed E-state index contributed by atoms with van der Waals surface area (Å²) in [5.74, 6) is -1.91. The Morgan fingerprint density at radius 3 is 2.60 bits per heavy atom. The van der Waals surface area contributed by atoms with E-state index >= 15 is 0 Å². The third-order valence-electron chi connectivity index (χ3n) is 5.37. The van der Waals surface area contributed by atoms with Crippen LogP contribution in [-0.2, 0) is 13.6 Å². The summed E-state index contributed by atoms with van der Waals surface area (Å²) in [7, 11) is 1.67. The number of alkyl halides is 2. The average molecular weight is 504 g/mol. The number of nitrogens with one attached hydrogen (secondary N) is 1. The number of aryl methyl sites for hydroxylation is 2. The molecule has 4 aromatic rings. The Morgan fingerprint density at radius 2 is 2.06 bits per heavy atom. The molecule has 0 unspecified atom stereocenters. The zero-order chi connectivity index (χ0) is 25.6. The van der Waals surface area contributed by atoms with Crippen molar-refractivity contribution in [3.63, 3.8) is 0 Å². The van der Waals surface area contributed by atoms with E-state index in [-0.39, 0.29) is 32.9 Å². The highest BCUT2D eigenvalue weighted by atomic mass is 32.1. The highest BCUT2D eigenvalue weighted by Gasteiger charge is 2.30. The molecule has 0 bridgehead atoms. The number of primary amides is 1. The Bertz CT molecular complexity index is 1510. The molecule has 182 valence electrons. The van der Waals surface area contributed by atoms with E-state index in [9.17, 15) is 28.5 Å². The molecule has 0 saturated heterocycles. The number of nitrogens with two attached hydrogens (primary N) is 1. The number of anilines is 1. The maximum atomic E-state index is 13.6. The third kappa shape index (κ3) is 4.09. The number of carbonyl (C=O) groups excluding carboxylic acids is 2. The van der Waals surface area contributed by atoms with Gasteiger partial charge in [0.2, 0.25) is 5.69 Å². The topological polar surface area (TPSA) is 164 Å². The maximum absolute atomic E-state index is 13.6. The summed E-state index contributed by atoms with van der Waals surface area (Å²) in [6.45, 7) is 3.68. The normalized spacial score (nSPS) is 11.4. The number of rotatable bonds is 7. The van der Waals surface area contributed by atoms with Crippen LogP contribution in [0.4, 0.5) is 20.2 Å². The standard InChI is InChI=1S/C20H18F2N8O4S/c1-4-29-7-12(30(33)34)14(27-29)19(32)26-15-13-9(10-6-24-28(3)8(10)2)5-11(17(21)22)25-20(13)35-16(15)18(23)31/h5-7,17H,4H2,1-3H3,(H2,23,31)(H,26,32). The lowest BCUT2D eigenvalue weighted by Crippen LogP contribution is -2.18. The lowest BCUT2D eigenvalue weighted by atomic mass is 10.0. The summed E-state index contributed by atoms with van der Waals surface area (Å²) in [4.78, 5) is 39.8. The molecule has 0 aliphatic rings.